The Morgan fingerprint density at radius 2 is 1.95 bits per heavy atom. The molecule has 1 amide bonds. The van der Waals surface area contributed by atoms with Crippen LogP contribution in [0.2, 0.25) is 0 Å². The quantitative estimate of drug-likeness (QED) is 0.489. The van der Waals surface area contributed by atoms with Gasteiger partial charge in [0.15, 0.2) is 0 Å². The summed E-state index contributed by atoms with van der Waals surface area (Å²) in [5.41, 5.74) is 6.34. The van der Waals surface area contributed by atoms with Crippen molar-refractivity contribution in [3.8, 4) is 17.6 Å². The second-order valence-corrected chi connectivity index (χ2v) is 4.07. The Labute approximate surface area is 114 Å². The first-order chi connectivity index (χ1) is 9.51. The van der Waals surface area contributed by atoms with Crippen molar-refractivity contribution in [2.24, 2.45) is 0 Å². The third-order valence-corrected chi connectivity index (χ3v) is 2.64. The lowest BCUT2D eigenvalue weighted by Gasteiger charge is -2.09. The number of hydrogen-bond acceptors (Lipinski definition) is 5. The van der Waals surface area contributed by atoms with Crippen LogP contribution < -0.4 is 11.1 Å². The number of carbonyl (C=O) groups is 1. The van der Waals surface area contributed by atoms with E-state index in [0.717, 1.165) is 6.07 Å². The number of nitrogens with two attached hydrogens (primary N) is 1. The third kappa shape index (κ3) is 2.62. The van der Waals surface area contributed by atoms with Gasteiger partial charge in [-0.25, -0.2) is 0 Å². The Kier molecular flexibility index (Phi) is 3.44. The predicted molar refractivity (Wildman–Crippen MR) is 73.3 cm³/mol. The number of nitriles is 1. The largest absolute Gasteiger partial charge is 0.508 e. The van der Waals surface area contributed by atoms with Gasteiger partial charge in [-0.2, -0.15) is 5.26 Å². The molecule has 0 atom stereocenters. The summed E-state index contributed by atoms with van der Waals surface area (Å²) in [5, 5.41) is 30.4. The van der Waals surface area contributed by atoms with Gasteiger partial charge in [-0.05, 0) is 36.4 Å². The maximum atomic E-state index is 12.0. The molecule has 0 aliphatic carbocycles. The molecule has 0 aliphatic heterocycles. The fourth-order valence-electron chi connectivity index (χ4n) is 1.66. The molecule has 0 fully saturated rings. The van der Waals surface area contributed by atoms with Crippen LogP contribution in [-0.2, 0) is 0 Å². The highest BCUT2D eigenvalue weighted by molar-refractivity contribution is 6.07. The van der Waals surface area contributed by atoms with Crippen molar-refractivity contribution in [1.82, 2.24) is 0 Å². The van der Waals surface area contributed by atoms with Gasteiger partial charge in [-0.3, -0.25) is 4.79 Å². The number of rotatable bonds is 2. The van der Waals surface area contributed by atoms with Gasteiger partial charge in [0, 0.05) is 5.69 Å². The molecule has 100 valence electrons. The molecule has 0 aliphatic rings. The Balaban J connectivity index is 2.33. The highest BCUT2D eigenvalue weighted by Crippen LogP contribution is 2.24. The van der Waals surface area contributed by atoms with Crippen LogP contribution in [0.4, 0.5) is 11.4 Å². The Bertz CT molecular complexity index is 720. The fraction of sp³-hybridized carbons (Fsp3) is 0. The van der Waals surface area contributed by atoms with E-state index in [1.807, 2.05) is 6.07 Å². The van der Waals surface area contributed by atoms with Gasteiger partial charge in [0.2, 0.25) is 0 Å². The first-order valence-corrected chi connectivity index (χ1v) is 5.64. The Morgan fingerprint density at radius 3 is 2.65 bits per heavy atom. The van der Waals surface area contributed by atoms with E-state index in [1.54, 1.807) is 6.07 Å². The van der Waals surface area contributed by atoms with E-state index >= 15 is 0 Å². The van der Waals surface area contributed by atoms with Crippen molar-refractivity contribution in [2.45, 2.75) is 0 Å². The Hall–Kier alpha value is -3.20. The molecule has 0 bridgehead atoms. The van der Waals surface area contributed by atoms with E-state index in [2.05, 4.69) is 5.32 Å². The summed E-state index contributed by atoms with van der Waals surface area (Å²) in [6.07, 6.45) is 0. The van der Waals surface area contributed by atoms with Crippen LogP contribution in [-0.4, -0.2) is 16.1 Å². The van der Waals surface area contributed by atoms with Gasteiger partial charge in [0.1, 0.15) is 17.6 Å². The fourth-order valence-corrected chi connectivity index (χ4v) is 1.66. The molecular formula is C14H11N3O3. The molecule has 2 aromatic rings. The highest BCUT2D eigenvalue weighted by Gasteiger charge is 2.14. The monoisotopic (exact) mass is 269 g/mol. The van der Waals surface area contributed by atoms with Crippen molar-refractivity contribution >= 4 is 17.3 Å². The number of phenolic OH excluding ortho intramolecular Hbond substituents is 2. The topological polar surface area (TPSA) is 119 Å². The predicted octanol–water partition coefficient (Wildman–Crippen LogP) is 1.80. The van der Waals surface area contributed by atoms with Crippen molar-refractivity contribution in [3.05, 3.63) is 47.5 Å². The summed E-state index contributed by atoms with van der Waals surface area (Å²) in [6, 6.07) is 9.97. The summed E-state index contributed by atoms with van der Waals surface area (Å²) < 4.78 is 0. The van der Waals surface area contributed by atoms with Crippen LogP contribution in [0.25, 0.3) is 0 Å². The first-order valence-electron chi connectivity index (χ1n) is 5.64. The molecule has 0 radical (unpaired) electrons. The smallest absolute Gasteiger partial charge is 0.259 e. The molecule has 0 saturated heterocycles. The lowest BCUT2D eigenvalue weighted by atomic mass is 10.1. The standard InChI is InChI=1S/C14H11N3O3/c15-7-8-5-9(16)1-3-12(8)17-14(20)11-6-10(18)2-4-13(11)19/h1-6,18-19H,16H2,(H,17,20). The molecule has 0 heterocycles. The number of aromatic hydroxyl groups is 2. The SMILES string of the molecule is N#Cc1cc(N)ccc1NC(=O)c1cc(O)ccc1O. The van der Waals surface area contributed by atoms with Crippen molar-refractivity contribution < 1.29 is 15.0 Å². The summed E-state index contributed by atoms with van der Waals surface area (Å²) in [4.78, 5) is 12.0. The lowest BCUT2D eigenvalue weighted by Crippen LogP contribution is -2.13. The zero-order valence-corrected chi connectivity index (χ0v) is 10.3. The molecule has 6 nitrogen and oxygen atoms in total. The third-order valence-electron chi connectivity index (χ3n) is 2.64. The average Bonchev–Trinajstić information content (AvgIpc) is 2.43. The number of nitrogen functional groups attached to an aromatic ring is 1. The number of benzene rings is 2. The number of nitrogens with one attached hydrogen (secondary N) is 1. The zero-order chi connectivity index (χ0) is 14.7. The van der Waals surface area contributed by atoms with Gasteiger partial charge in [0.05, 0.1) is 16.8 Å². The Morgan fingerprint density at radius 1 is 1.20 bits per heavy atom. The highest BCUT2D eigenvalue weighted by atomic mass is 16.3. The number of nitrogens with zero attached hydrogens (tertiary/aromatic N) is 1. The van der Waals surface area contributed by atoms with Crippen molar-refractivity contribution in [3.63, 3.8) is 0 Å². The summed E-state index contributed by atoms with van der Waals surface area (Å²) in [6.45, 7) is 0. The van der Waals surface area contributed by atoms with Crippen LogP contribution in [0.1, 0.15) is 15.9 Å². The van der Waals surface area contributed by atoms with Crippen LogP contribution in [0, 0.1) is 11.3 Å². The second kappa shape index (κ2) is 5.20. The van der Waals surface area contributed by atoms with E-state index in [4.69, 9.17) is 11.0 Å². The molecule has 2 rings (SSSR count). The summed E-state index contributed by atoms with van der Waals surface area (Å²) >= 11 is 0. The normalized spacial score (nSPS) is 9.75. The van der Waals surface area contributed by atoms with Crippen molar-refractivity contribution in [2.75, 3.05) is 11.1 Å². The van der Waals surface area contributed by atoms with E-state index in [9.17, 15) is 15.0 Å². The number of carbonyl (C=O) groups excluding carboxylic acids is 1. The minimum atomic E-state index is -0.639. The van der Waals surface area contributed by atoms with Crippen molar-refractivity contribution in [1.29, 1.82) is 5.26 Å². The van der Waals surface area contributed by atoms with Crippen LogP contribution in [0.15, 0.2) is 36.4 Å². The van der Waals surface area contributed by atoms with E-state index in [-0.39, 0.29) is 28.3 Å². The molecule has 0 unspecified atom stereocenters. The zero-order valence-electron chi connectivity index (χ0n) is 10.3. The number of hydrogen-bond donors (Lipinski definition) is 4. The van der Waals surface area contributed by atoms with Gasteiger partial charge in [-0.15, -0.1) is 0 Å². The summed E-state index contributed by atoms with van der Waals surface area (Å²) in [7, 11) is 0. The van der Waals surface area contributed by atoms with Crippen LogP contribution in [0.5, 0.6) is 11.5 Å². The summed E-state index contributed by atoms with van der Waals surface area (Å²) in [5.74, 6) is -1.06. The van der Waals surface area contributed by atoms with Gasteiger partial charge < -0.3 is 21.3 Å². The van der Waals surface area contributed by atoms with Gasteiger partial charge in [-0.1, -0.05) is 0 Å². The molecule has 6 heteroatoms. The van der Waals surface area contributed by atoms with Gasteiger partial charge in [0.25, 0.3) is 5.91 Å². The van der Waals surface area contributed by atoms with E-state index in [1.165, 1.54) is 24.3 Å². The average molecular weight is 269 g/mol. The lowest BCUT2D eigenvalue weighted by molar-refractivity contribution is 0.102. The minimum absolute atomic E-state index is 0.0919. The number of amides is 1. The van der Waals surface area contributed by atoms with Gasteiger partial charge >= 0.3 is 0 Å². The molecule has 20 heavy (non-hydrogen) atoms. The maximum absolute atomic E-state index is 12.0. The molecule has 0 spiro atoms. The van der Waals surface area contributed by atoms with E-state index < -0.39 is 5.91 Å². The van der Waals surface area contributed by atoms with E-state index in [0.29, 0.717) is 5.69 Å². The molecule has 0 aromatic heterocycles. The molecule has 5 N–H and O–H groups in total. The second-order valence-electron chi connectivity index (χ2n) is 4.07. The molecule has 2 aromatic carbocycles. The van der Waals surface area contributed by atoms with Crippen LogP contribution in [0.3, 0.4) is 0 Å². The maximum Gasteiger partial charge on any atom is 0.259 e. The first kappa shape index (κ1) is 13.2. The molecular weight excluding hydrogens is 258 g/mol. The minimum Gasteiger partial charge on any atom is -0.508 e. The number of anilines is 2. The number of phenols is 2. The van der Waals surface area contributed by atoms with Crippen LogP contribution >= 0.6 is 0 Å². The molecule has 0 saturated carbocycles.